The Morgan fingerprint density at radius 3 is 2.13 bits per heavy atom. The normalized spacial score (nSPS) is 10.6. The van der Waals surface area contributed by atoms with Gasteiger partial charge in [0.1, 0.15) is 0 Å². The molecule has 2 aromatic carbocycles. The van der Waals surface area contributed by atoms with Gasteiger partial charge in [0.05, 0.1) is 27.1 Å². The molecule has 0 fully saturated rings. The summed E-state index contributed by atoms with van der Waals surface area (Å²) in [6.45, 7) is 0. The molecule has 23 heavy (non-hydrogen) atoms. The molecule has 0 unspecified atom stereocenters. The molecule has 0 atom stereocenters. The van der Waals surface area contributed by atoms with Gasteiger partial charge in [0, 0.05) is 30.0 Å². The summed E-state index contributed by atoms with van der Waals surface area (Å²) in [5.41, 5.74) is 0.209. The van der Waals surface area contributed by atoms with E-state index in [2.05, 4.69) is 4.98 Å². The number of rotatable bonds is 3. The molecule has 0 saturated carbocycles. The fraction of sp³-hybridized carbons (Fsp3) is 0. The van der Waals surface area contributed by atoms with Gasteiger partial charge in [-0.25, -0.2) is 4.98 Å². The number of hydrogen-bond acceptors (Lipinski definition) is 6. The molecule has 1 heterocycles. The second-order valence-electron chi connectivity index (χ2n) is 4.64. The van der Waals surface area contributed by atoms with Crippen molar-refractivity contribution in [1.82, 2.24) is 9.55 Å². The minimum atomic E-state index is -0.572. The maximum atomic E-state index is 12.1. The van der Waals surface area contributed by atoms with E-state index in [1.165, 1.54) is 47.0 Å². The van der Waals surface area contributed by atoms with Gasteiger partial charge in [-0.1, -0.05) is 0 Å². The fourth-order valence-electron chi connectivity index (χ4n) is 2.20. The number of nitro groups is 2. The van der Waals surface area contributed by atoms with Crippen LogP contribution >= 0.6 is 0 Å². The van der Waals surface area contributed by atoms with Crippen molar-refractivity contribution >= 4 is 22.4 Å². The Labute approximate surface area is 127 Å². The van der Waals surface area contributed by atoms with Crippen LogP contribution < -0.4 is 5.56 Å². The molecular weight excluding hydrogens is 304 g/mol. The van der Waals surface area contributed by atoms with E-state index in [1.807, 2.05) is 0 Å². The van der Waals surface area contributed by atoms with Crippen LogP contribution in [0.25, 0.3) is 16.7 Å². The maximum absolute atomic E-state index is 12.1. The van der Waals surface area contributed by atoms with Gasteiger partial charge in [-0.05, 0) is 18.2 Å². The molecule has 0 spiro atoms. The van der Waals surface area contributed by atoms with Crippen molar-refractivity contribution in [2.45, 2.75) is 0 Å². The third kappa shape index (κ3) is 2.50. The molecule has 0 aliphatic carbocycles. The lowest BCUT2D eigenvalue weighted by Gasteiger charge is -2.09. The predicted molar refractivity (Wildman–Crippen MR) is 80.6 cm³/mol. The van der Waals surface area contributed by atoms with Crippen LogP contribution in [-0.2, 0) is 0 Å². The number of benzene rings is 2. The van der Waals surface area contributed by atoms with Crippen molar-refractivity contribution in [1.29, 1.82) is 0 Å². The van der Waals surface area contributed by atoms with Gasteiger partial charge in [-0.15, -0.1) is 0 Å². The molecule has 0 radical (unpaired) electrons. The monoisotopic (exact) mass is 312 g/mol. The molecule has 0 aliphatic heterocycles. The number of non-ortho nitro benzene ring substituents is 2. The largest absolute Gasteiger partial charge is 0.274 e. The Hall–Kier alpha value is -3.62. The van der Waals surface area contributed by atoms with Gasteiger partial charge in [0.2, 0.25) is 0 Å². The highest BCUT2D eigenvalue weighted by Gasteiger charge is 2.13. The van der Waals surface area contributed by atoms with E-state index in [4.69, 9.17) is 0 Å². The molecule has 3 rings (SSSR count). The van der Waals surface area contributed by atoms with Crippen molar-refractivity contribution in [3.8, 4) is 5.69 Å². The van der Waals surface area contributed by atoms with Crippen LogP contribution in [0, 0.1) is 20.2 Å². The lowest BCUT2D eigenvalue weighted by Crippen LogP contribution is -2.18. The third-order valence-electron chi connectivity index (χ3n) is 3.26. The van der Waals surface area contributed by atoms with Crippen LogP contribution in [0.1, 0.15) is 0 Å². The van der Waals surface area contributed by atoms with Gasteiger partial charge in [-0.3, -0.25) is 29.6 Å². The first kappa shape index (κ1) is 14.3. The summed E-state index contributed by atoms with van der Waals surface area (Å²) in [7, 11) is 0. The average Bonchev–Trinajstić information content (AvgIpc) is 2.54. The van der Waals surface area contributed by atoms with Gasteiger partial charge >= 0.3 is 0 Å². The number of aromatic nitrogens is 2. The second kappa shape index (κ2) is 5.30. The van der Waals surface area contributed by atoms with Crippen molar-refractivity contribution in [3.05, 3.63) is 79.2 Å². The zero-order valence-corrected chi connectivity index (χ0v) is 11.4. The molecular formula is C14H8N4O5. The van der Waals surface area contributed by atoms with E-state index in [1.54, 1.807) is 0 Å². The summed E-state index contributed by atoms with van der Waals surface area (Å²) >= 11 is 0. The summed E-state index contributed by atoms with van der Waals surface area (Å²) in [6.07, 6.45) is 1.09. The number of fused-ring (bicyclic) bond motifs is 1. The van der Waals surface area contributed by atoms with E-state index in [-0.39, 0.29) is 16.9 Å². The summed E-state index contributed by atoms with van der Waals surface area (Å²) in [5, 5.41) is 21.6. The molecule has 1 aromatic heterocycles. The lowest BCUT2D eigenvalue weighted by atomic mass is 10.2. The van der Waals surface area contributed by atoms with E-state index in [0.717, 1.165) is 6.20 Å². The van der Waals surface area contributed by atoms with Crippen LogP contribution in [0.2, 0.25) is 0 Å². The van der Waals surface area contributed by atoms with E-state index in [9.17, 15) is 25.0 Å². The van der Waals surface area contributed by atoms with E-state index >= 15 is 0 Å². The summed E-state index contributed by atoms with van der Waals surface area (Å²) < 4.78 is 1.22. The minimum Gasteiger partial charge on any atom is -0.274 e. The van der Waals surface area contributed by atoms with Gasteiger partial charge in [0.25, 0.3) is 16.9 Å². The molecule has 0 saturated heterocycles. The summed E-state index contributed by atoms with van der Waals surface area (Å²) in [6, 6.07) is 9.28. The van der Waals surface area contributed by atoms with Crippen LogP contribution in [0.15, 0.2) is 53.5 Å². The lowest BCUT2D eigenvalue weighted by molar-refractivity contribution is -0.385. The summed E-state index contributed by atoms with van der Waals surface area (Å²) in [5.74, 6) is 0. The van der Waals surface area contributed by atoms with E-state index < -0.39 is 15.4 Å². The average molecular weight is 312 g/mol. The zero-order valence-electron chi connectivity index (χ0n) is 11.4. The van der Waals surface area contributed by atoms with Gasteiger partial charge in [-0.2, -0.15) is 0 Å². The molecule has 114 valence electrons. The van der Waals surface area contributed by atoms with E-state index in [0.29, 0.717) is 11.2 Å². The molecule has 3 aromatic rings. The first-order chi connectivity index (χ1) is 11.0. The van der Waals surface area contributed by atoms with Crippen LogP contribution in [0.4, 0.5) is 11.4 Å². The van der Waals surface area contributed by atoms with Crippen LogP contribution in [0.3, 0.4) is 0 Å². The van der Waals surface area contributed by atoms with Crippen LogP contribution in [0.5, 0.6) is 0 Å². The summed E-state index contributed by atoms with van der Waals surface area (Å²) in [4.78, 5) is 36.6. The molecule has 9 heteroatoms. The van der Waals surface area contributed by atoms with Crippen molar-refractivity contribution in [2.75, 3.05) is 0 Å². The maximum Gasteiger partial charge on any atom is 0.274 e. The van der Waals surface area contributed by atoms with Gasteiger partial charge < -0.3 is 0 Å². The fourth-order valence-corrected chi connectivity index (χ4v) is 2.20. The topological polar surface area (TPSA) is 121 Å². The highest BCUT2D eigenvalue weighted by molar-refractivity contribution is 5.79. The Morgan fingerprint density at radius 2 is 1.52 bits per heavy atom. The zero-order chi connectivity index (χ0) is 16.6. The standard InChI is InChI=1S/C14H8N4O5/c19-14-8-15-12-6-5-11(18(22)23)7-13(12)16(14)9-1-3-10(4-2-9)17(20)21/h1-8H. The smallest absolute Gasteiger partial charge is 0.274 e. The predicted octanol–water partition coefficient (Wildman–Crippen LogP) is 2.20. The first-order valence-corrected chi connectivity index (χ1v) is 6.38. The van der Waals surface area contributed by atoms with Crippen LogP contribution in [-0.4, -0.2) is 19.4 Å². The number of nitrogens with zero attached hydrogens (tertiary/aromatic N) is 4. The Kier molecular flexibility index (Phi) is 3.30. The molecule has 0 aliphatic rings. The number of hydrogen-bond donors (Lipinski definition) is 0. The van der Waals surface area contributed by atoms with Gasteiger partial charge in [0.15, 0.2) is 0 Å². The Bertz CT molecular complexity index is 994. The molecule has 9 nitrogen and oxygen atoms in total. The van der Waals surface area contributed by atoms with Crippen molar-refractivity contribution in [2.24, 2.45) is 0 Å². The third-order valence-corrected chi connectivity index (χ3v) is 3.26. The Balaban J connectivity index is 2.28. The molecule has 0 N–H and O–H groups in total. The highest BCUT2D eigenvalue weighted by atomic mass is 16.6. The number of nitro benzene ring substituents is 2. The van der Waals surface area contributed by atoms with Crippen molar-refractivity contribution in [3.63, 3.8) is 0 Å². The SMILES string of the molecule is O=c1cnc2ccc([N+](=O)[O-])cc2n1-c1ccc([N+](=O)[O-])cc1. The Morgan fingerprint density at radius 1 is 0.913 bits per heavy atom. The second-order valence-corrected chi connectivity index (χ2v) is 4.64. The molecule has 0 amide bonds. The van der Waals surface area contributed by atoms with Crippen molar-refractivity contribution < 1.29 is 9.85 Å². The molecule has 0 bridgehead atoms. The minimum absolute atomic E-state index is 0.119. The first-order valence-electron chi connectivity index (χ1n) is 6.38. The quantitative estimate of drug-likeness (QED) is 0.540. The highest BCUT2D eigenvalue weighted by Crippen LogP contribution is 2.21.